The van der Waals surface area contributed by atoms with Crippen LogP contribution in [0.5, 0.6) is 0 Å². The number of ether oxygens (including phenoxy) is 1. The maximum absolute atomic E-state index is 6.21. The molecule has 0 saturated carbocycles. The summed E-state index contributed by atoms with van der Waals surface area (Å²) in [7, 11) is 0. The highest BCUT2D eigenvalue weighted by Crippen LogP contribution is 2.25. The number of nitrogens with two attached hydrogens (primary N) is 1. The first kappa shape index (κ1) is 12.9. The van der Waals surface area contributed by atoms with Gasteiger partial charge < -0.3 is 10.5 Å². The summed E-state index contributed by atoms with van der Waals surface area (Å²) in [6.07, 6.45) is 0. The second-order valence-electron chi connectivity index (χ2n) is 6.06. The minimum absolute atomic E-state index is 0.0251. The highest BCUT2D eigenvalue weighted by atomic mass is 16.5. The summed E-state index contributed by atoms with van der Waals surface area (Å²) in [6.45, 7) is 14.5. The van der Waals surface area contributed by atoms with E-state index in [-0.39, 0.29) is 11.1 Å². The molecule has 90 valence electrons. The molecule has 1 fully saturated rings. The van der Waals surface area contributed by atoms with Gasteiger partial charge in [0.1, 0.15) is 0 Å². The van der Waals surface area contributed by atoms with Crippen LogP contribution in [0, 0.1) is 5.92 Å². The molecule has 0 aliphatic carbocycles. The number of likely N-dealkylation sites (tertiary alicyclic amines) is 1. The van der Waals surface area contributed by atoms with Crippen molar-refractivity contribution in [2.24, 2.45) is 11.7 Å². The maximum atomic E-state index is 6.21. The standard InChI is InChI=1S/C12H26N2O/c1-10(2)12(13)8-14(9-12)6-7-15-11(3,4)5/h10H,6-9,13H2,1-5H3. The average molecular weight is 214 g/mol. The first-order valence-corrected chi connectivity index (χ1v) is 5.88. The van der Waals surface area contributed by atoms with E-state index < -0.39 is 0 Å². The zero-order valence-electron chi connectivity index (χ0n) is 10.8. The minimum Gasteiger partial charge on any atom is -0.375 e. The zero-order chi connectivity index (χ0) is 11.7. The van der Waals surface area contributed by atoms with Gasteiger partial charge in [-0.3, -0.25) is 4.90 Å². The van der Waals surface area contributed by atoms with Crippen LogP contribution in [0.4, 0.5) is 0 Å². The summed E-state index contributed by atoms with van der Waals surface area (Å²) < 4.78 is 5.68. The fourth-order valence-corrected chi connectivity index (χ4v) is 1.79. The van der Waals surface area contributed by atoms with Crippen molar-refractivity contribution in [2.45, 2.75) is 45.8 Å². The van der Waals surface area contributed by atoms with Crippen molar-refractivity contribution in [3.8, 4) is 0 Å². The van der Waals surface area contributed by atoms with Gasteiger partial charge in [-0.2, -0.15) is 0 Å². The maximum Gasteiger partial charge on any atom is 0.0600 e. The predicted octanol–water partition coefficient (Wildman–Crippen LogP) is 1.47. The van der Waals surface area contributed by atoms with Gasteiger partial charge in [0.25, 0.3) is 0 Å². The molecule has 0 aromatic carbocycles. The molecule has 1 aliphatic rings. The van der Waals surface area contributed by atoms with Gasteiger partial charge in [-0.1, -0.05) is 13.8 Å². The highest BCUT2D eigenvalue weighted by molar-refractivity contribution is 5.01. The molecular weight excluding hydrogens is 188 g/mol. The third kappa shape index (κ3) is 3.74. The second-order valence-corrected chi connectivity index (χ2v) is 6.06. The van der Waals surface area contributed by atoms with Crippen LogP contribution >= 0.6 is 0 Å². The Morgan fingerprint density at radius 1 is 1.33 bits per heavy atom. The van der Waals surface area contributed by atoms with Crippen LogP contribution in [0.2, 0.25) is 0 Å². The third-order valence-corrected chi connectivity index (χ3v) is 3.13. The highest BCUT2D eigenvalue weighted by Gasteiger charge is 2.41. The van der Waals surface area contributed by atoms with Crippen molar-refractivity contribution in [1.29, 1.82) is 0 Å². The van der Waals surface area contributed by atoms with Crippen molar-refractivity contribution < 1.29 is 4.74 Å². The van der Waals surface area contributed by atoms with Crippen molar-refractivity contribution in [2.75, 3.05) is 26.2 Å². The summed E-state index contributed by atoms with van der Waals surface area (Å²) >= 11 is 0. The van der Waals surface area contributed by atoms with Crippen molar-refractivity contribution in [3.05, 3.63) is 0 Å². The van der Waals surface area contributed by atoms with Gasteiger partial charge in [0.2, 0.25) is 0 Å². The molecular formula is C12H26N2O. The Morgan fingerprint density at radius 3 is 2.27 bits per heavy atom. The lowest BCUT2D eigenvalue weighted by molar-refractivity contribution is -0.0384. The topological polar surface area (TPSA) is 38.5 Å². The largest absolute Gasteiger partial charge is 0.375 e. The number of hydrogen-bond acceptors (Lipinski definition) is 3. The van der Waals surface area contributed by atoms with Crippen LogP contribution in [0.3, 0.4) is 0 Å². The van der Waals surface area contributed by atoms with E-state index in [1.807, 2.05) is 0 Å². The lowest BCUT2D eigenvalue weighted by atomic mass is 9.80. The summed E-state index contributed by atoms with van der Waals surface area (Å²) in [5, 5.41) is 0. The van der Waals surface area contributed by atoms with Crippen LogP contribution in [-0.4, -0.2) is 42.3 Å². The molecule has 0 aromatic heterocycles. The first-order chi connectivity index (χ1) is 6.73. The molecule has 15 heavy (non-hydrogen) atoms. The Hall–Kier alpha value is -0.120. The second kappa shape index (κ2) is 4.40. The zero-order valence-corrected chi connectivity index (χ0v) is 10.8. The van der Waals surface area contributed by atoms with E-state index in [0.717, 1.165) is 26.2 Å². The van der Waals surface area contributed by atoms with Crippen LogP contribution in [0.25, 0.3) is 0 Å². The van der Waals surface area contributed by atoms with Crippen LogP contribution < -0.4 is 5.73 Å². The van der Waals surface area contributed by atoms with Gasteiger partial charge in [0.05, 0.1) is 12.2 Å². The van der Waals surface area contributed by atoms with E-state index in [1.54, 1.807) is 0 Å². The fraction of sp³-hybridized carbons (Fsp3) is 1.00. The summed E-state index contributed by atoms with van der Waals surface area (Å²) in [4.78, 5) is 2.37. The van der Waals surface area contributed by atoms with Crippen molar-refractivity contribution in [1.82, 2.24) is 4.90 Å². The number of nitrogens with zero attached hydrogens (tertiary/aromatic N) is 1. The molecule has 0 amide bonds. The molecule has 0 aromatic rings. The summed E-state index contributed by atoms with van der Waals surface area (Å²) in [6, 6.07) is 0. The van der Waals surface area contributed by atoms with E-state index in [2.05, 4.69) is 39.5 Å². The molecule has 1 heterocycles. The van der Waals surface area contributed by atoms with Gasteiger partial charge in [0.15, 0.2) is 0 Å². The SMILES string of the molecule is CC(C)C1(N)CN(CCOC(C)(C)C)C1. The Balaban J connectivity index is 2.13. The molecule has 1 saturated heterocycles. The Bertz CT molecular complexity index is 202. The Morgan fingerprint density at radius 2 is 1.87 bits per heavy atom. The Kier molecular flexibility index (Phi) is 3.80. The minimum atomic E-state index is -0.0251. The normalized spacial score (nSPS) is 21.8. The molecule has 2 N–H and O–H groups in total. The van der Waals surface area contributed by atoms with E-state index in [1.165, 1.54) is 0 Å². The first-order valence-electron chi connectivity index (χ1n) is 5.88. The summed E-state index contributed by atoms with van der Waals surface area (Å²) in [5.74, 6) is 0.567. The van der Waals surface area contributed by atoms with Gasteiger partial charge in [-0.25, -0.2) is 0 Å². The lowest BCUT2D eigenvalue weighted by Gasteiger charge is -2.50. The van der Waals surface area contributed by atoms with E-state index >= 15 is 0 Å². The van der Waals surface area contributed by atoms with Crippen molar-refractivity contribution >= 4 is 0 Å². The van der Waals surface area contributed by atoms with Gasteiger partial charge in [0, 0.05) is 25.2 Å². The van der Waals surface area contributed by atoms with E-state index in [4.69, 9.17) is 10.5 Å². The quantitative estimate of drug-likeness (QED) is 0.770. The molecule has 0 spiro atoms. The lowest BCUT2D eigenvalue weighted by Crippen LogP contribution is -2.70. The summed E-state index contributed by atoms with van der Waals surface area (Å²) in [5.41, 5.74) is 6.23. The third-order valence-electron chi connectivity index (χ3n) is 3.13. The monoisotopic (exact) mass is 214 g/mol. The molecule has 0 unspecified atom stereocenters. The van der Waals surface area contributed by atoms with Crippen LogP contribution in [0.1, 0.15) is 34.6 Å². The van der Waals surface area contributed by atoms with Gasteiger partial charge in [-0.15, -0.1) is 0 Å². The average Bonchev–Trinajstić information content (AvgIpc) is 1.97. The van der Waals surface area contributed by atoms with Gasteiger partial charge >= 0.3 is 0 Å². The van der Waals surface area contributed by atoms with Crippen LogP contribution in [0.15, 0.2) is 0 Å². The number of hydrogen-bond donors (Lipinski definition) is 1. The molecule has 0 atom stereocenters. The molecule has 0 bridgehead atoms. The smallest absolute Gasteiger partial charge is 0.0600 e. The number of rotatable bonds is 4. The molecule has 1 aliphatic heterocycles. The van der Waals surface area contributed by atoms with Crippen molar-refractivity contribution in [3.63, 3.8) is 0 Å². The molecule has 3 heteroatoms. The Labute approximate surface area is 94.0 Å². The van der Waals surface area contributed by atoms with Crippen LogP contribution in [-0.2, 0) is 4.74 Å². The molecule has 0 radical (unpaired) electrons. The van der Waals surface area contributed by atoms with Gasteiger partial charge in [-0.05, 0) is 26.7 Å². The van der Waals surface area contributed by atoms with E-state index in [9.17, 15) is 0 Å². The predicted molar refractivity (Wildman–Crippen MR) is 63.9 cm³/mol. The van der Waals surface area contributed by atoms with E-state index in [0.29, 0.717) is 5.92 Å². The fourth-order valence-electron chi connectivity index (χ4n) is 1.79. The molecule has 1 rings (SSSR count). The molecule has 3 nitrogen and oxygen atoms in total.